The van der Waals surface area contributed by atoms with Crippen molar-refractivity contribution in [2.24, 2.45) is 0 Å². The van der Waals surface area contributed by atoms with Crippen molar-refractivity contribution < 1.29 is 0 Å². The van der Waals surface area contributed by atoms with Gasteiger partial charge in [0.05, 0.1) is 0 Å². The molecule has 0 bridgehead atoms. The molecule has 0 aliphatic heterocycles. The third-order valence-corrected chi connectivity index (χ3v) is 2.02. The van der Waals surface area contributed by atoms with E-state index in [2.05, 4.69) is 38.0 Å². The molecule has 0 unspecified atom stereocenters. The van der Waals surface area contributed by atoms with E-state index in [0.717, 1.165) is 24.8 Å². The van der Waals surface area contributed by atoms with Crippen molar-refractivity contribution in [2.75, 3.05) is 0 Å². The second-order valence-electron chi connectivity index (χ2n) is 3.29. The molecule has 0 nitrogen and oxygen atoms in total. The molecule has 0 heterocycles. The smallest absolute Gasteiger partial charge is 0.00924 e. The van der Waals surface area contributed by atoms with E-state index in [1.54, 1.807) is 6.08 Å². The van der Waals surface area contributed by atoms with Crippen LogP contribution in [0.15, 0.2) is 35.5 Å². The van der Waals surface area contributed by atoms with E-state index in [1.807, 2.05) is 34.6 Å². The number of allylic oxidation sites excluding steroid dienone is 6. The number of hydrogen-bond donors (Lipinski definition) is 0. The summed E-state index contributed by atoms with van der Waals surface area (Å²) in [4.78, 5) is 0. The third-order valence-electron chi connectivity index (χ3n) is 2.02. The largest absolute Gasteiger partial charge is 0.115 e. The Kier molecular flexibility index (Phi) is 25.8. The van der Waals surface area contributed by atoms with Crippen LogP contribution in [0, 0.1) is 12.3 Å². The first-order chi connectivity index (χ1) is 8.74. The van der Waals surface area contributed by atoms with Gasteiger partial charge in [-0.05, 0) is 37.8 Å². The summed E-state index contributed by atoms with van der Waals surface area (Å²) in [5, 5.41) is 0. The number of rotatable bonds is 5. The zero-order valence-electron chi connectivity index (χ0n) is 13.5. The van der Waals surface area contributed by atoms with Crippen LogP contribution >= 0.6 is 0 Å². The van der Waals surface area contributed by atoms with Gasteiger partial charge in [-0.1, -0.05) is 71.3 Å². The highest BCUT2D eigenvalue weighted by Crippen LogP contribution is 2.09. The van der Waals surface area contributed by atoms with Gasteiger partial charge in [-0.25, -0.2) is 0 Å². The van der Waals surface area contributed by atoms with Crippen molar-refractivity contribution in [1.29, 1.82) is 0 Å². The summed E-state index contributed by atoms with van der Waals surface area (Å²) >= 11 is 0. The molecule has 0 radical (unpaired) electrons. The van der Waals surface area contributed by atoms with E-state index < -0.39 is 0 Å². The van der Waals surface area contributed by atoms with Crippen LogP contribution in [-0.4, -0.2) is 0 Å². The molecular weight excluding hydrogens is 216 g/mol. The normalized spacial score (nSPS) is 11.0. The molecule has 0 aromatic rings. The number of hydrogen-bond acceptors (Lipinski definition) is 0. The van der Waals surface area contributed by atoms with Gasteiger partial charge >= 0.3 is 0 Å². The maximum absolute atomic E-state index is 5.16. The zero-order valence-corrected chi connectivity index (χ0v) is 13.5. The van der Waals surface area contributed by atoms with Gasteiger partial charge in [0, 0.05) is 0 Å². The van der Waals surface area contributed by atoms with Crippen LogP contribution in [0.2, 0.25) is 0 Å². The summed E-state index contributed by atoms with van der Waals surface area (Å²) in [6, 6.07) is 0. The highest BCUT2D eigenvalue weighted by Gasteiger charge is 1.89. The van der Waals surface area contributed by atoms with Crippen molar-refractivity contribution in [2.45, 2.75) is 67.7 Å². The Labute approximate surface area is 116 Å². The Morgan fingerprint density at radius 3 is 2.06 bits per heavy atom. The lowest BCUT2D eigenvalue weighted by atomic mass is 10.1. The molecule has 0 aliphatic rings. The second kappa shape index (κ2) is 21.1. The second-order valence-corrected chi connectivity index (χ2v) is 3.29. The molecular formula is C18H32. The molecule has 0 saturated heterocycles. The van der Waals surface area contributed by atoms with Crippen molar-refractivity contribution in [1.82, 2.24) is 0 Å². The summed E-state index contributed by atoms with van der Waals surface area (Å²) in [7, 11) is 0. The van der Waals surface area contributed by atoms with E-state index in [4.69, 9.17) is 6.42 Å². The molecule has 0 aliphatic carbocycles. The van der Waals surface area contributed by atoms with Gasteiger partial charge in [-0.2, -0.15) is 0 Å². The highest BCUT2D eigenvalue weighted by atomic mass is 13.9. The van der Waals surface area contributed by atoms with Gasteiger partial charge in [-0.15, -0.1) is 6.42 Å². The highest BCUT2D eigenvalue weighted by molar-refractivity contribution is 5.25. The third kappa shape index (κ3) is 17.2. The van der Waals surface area contributed by atoms with Crippen LogP contribution < -0.4 is 0 Å². The SMILES string of the molecule is C#C/C=C(C)\C=C/C/C(=C/CC)CC.CC.CC. The van der Waals surface area contributed by atoms with Crippen molar-refractivity contribution >= 4 is 0 Å². The van der Waals surface area contributed by atoms with Gasteiger partial charge in [0.1, 0.15) is 0 Å². The molecule has 0 amide bonds. The molecule has 0 atom stereocenters. The first kappa shape index (κ1) is 22.0. The number of terminal acetylenes is 1. The molecule has 0 N–H and O–H groups in total. The summed E-state index contributed by atoms with van der Waals surface area (Å²) in [6.45, 7) is 14.4. The Morgan fingerprint density at radius 1 is 1.11 bits per heavy atom. The molecule has 0 fully saturated rings. The molecule has 0 spiro atoms. The van der Waals surface area contributed by atoms with Crippen LogP contribution in [0.1, 0.15) is 67.7 Å². The minimum atomic E-state index is 1.04. The van der Waals surface area contributed by atoms with Gasteiger partial charge < -0.3 is 0 Å². The Hall–Kier alpha value is -1.22. The average Bonchev–Trinajstić information content (AvgIpc) is 2.42. The fourth-order valence-corrected chi connectivity index (χ4v) is 1.24. The molecule has 0 rings (SSSR count). The van der Waals surface area contributed by atoms with E-state index in [-0.39, 0.29) is 0 Å². The first-order valence-electron chi connectivity index (χ1n) is 7.21. The van der Waals surface area contributed by atoms with E-state index in [9.17, 15) is 0 Å². The average molecular weight is 248 g/mol. The lowest BCUT2D eigenvalue weighted by Gasteiger charge is -1.98. The van der Waals surface area contributed by atoms with Crippen LogP contribution in [0.4, 0.5) is 0 Å². The molecule has 0 saturated carbocycles. The van der Waals surface area contributed by atoms with Crippen LogP contribution in [-0.2, 0) is 0 Å². The maximum atomic E-state index is 5.16. The molecule has 0 heteroatoms. The topological polar surface area (TPSA) is 0 Å². The molecule has 0 aromatic carbocycles. The lowest BCUT2D eigenvalue weighted by molar-refractivity contribution is 1.000. The van der Waals surface area contributed by atoms with E-state index in [1.165, 1.54) is 5.57 Å². The van der Waals surface area contributed by atoms with Crippen molar-refractivity contribution in [3.05, 3.63) is 35.5 Å². The summed E-state index contributed by atoms with van der Waals surface area (Å²) in [6.07, 6.45) is 16.8. The van der Waals surface area contributed by atoms with Crippen LogP contribution in [0.3, 0.4) is 0 Å². The van der Waals surface area contributed by atoms with E-state index >= 15 is 0 Å². The van der Waals surface area contributed by atoms with Crippen molar-refractivity contribution in [3.8, 4) is 12.3 Å². The fraction of sp³-hybridized carbons (Fsp3) is 0.556. The summed E-state index contributed by atoms with van der Waals surface area (Å²) in [5.41, 5.74) is 2.64. The Morgan fingerprint density at radius 2 is 1.67 bits per heavy atom. The van der Waals surface area contributed by atoms with Gasteiger partial charge in [-0.3, -0.25) is 0 Å². The lowest BCUT2D eigenvalue weighted by Crippen LogP contribution is -1.78. The fourth-order valence-electron chi connectivity index (χ4n) is 1.24. The molecule has 18 heavy (non-hydrogen) atoms. The Balaban J connectivity index is -0.000000506. The Bertz CT molecular complexity index is 269. The first-order valence-corrected chi connectivity index (χ1v) is 7.21. The predicted octanol–water partition coefficient (Wildman–Crippen LogP) is 6.31. The van der Waals surface area contributed by atoms with Crippen LogP contribution in [0.5, 0.6) is 0 Å². The minimum absolute atomic E-state index is 1.04. The predicted molar refractivity (Wildman–Crippen MR) is 87.7 cm³/mol. The standard InChI is InChI=1S/C14H20.2C2H6/c1-5-9-13(4)11-8-12-14(7-3)10-6-2;2*1-2/h1,8-11H,6-7,12H2,2-4H3;2*1-2H3/b11-8-,13-9-,14-10+;;. The van der Waals surface area contributed by atoms with Crippen molar-refractivity contribution in [3.63, 3.8) is 0 Å². The molecule has 0 aromatic heterocycles. The minimum Gasteiger partial charge on any atom is -0.115 e. The summed E-state index contributed by atoms with van der Waals surface area (Å²) in [5.74, 6) is 2.52. The maximum Gasteiger partial charge on any atom is -0.00924 e. The molecule has 104 valence electrons. The van der Waals surface area contributed by atoms with Gasteiger partial charge in [0.25, 0.3) is 0 Å². The zero-order chi connectivity index (χ0) is 14.8. The van der Waals surface area contributed by atoms with E-state index in [0.29, 0.717) is 0 Å². The van der Waals surface area contributed by atoms with Crippen LogP contribution in [0.25, 0.3) is 0 Å². The van der Waals surface area contributed by atoms with Gasteiger partial charge in [0.2, 0.25) is 0 Å². The van der Waals surface area contributed by atoms with Gasteiger partial charge in [0.15, 0.2) is 0 Å². The quantitative estimate of drug-likeness (QED) is 0.304. The summed E-state index contributed by atoms with van der Waals surface area (Å²) < 4.78 is 0. The monoisotopic (exact) mass is 248 g/mol.